The minimum absolute atomic E-state index is 0.0909. The molecule has 0 N–H and O–H groups in total. The summed E-state index contributed by atoms with van der Waals surface area (Å²) < 4.78 is 5.86. The Bertz CT molecular complexity index is 567. The molecule has 0 aromatic heterocycles. The molecule has 2 heteroatoms. The average Bonchev–Trinajstić information content (AvgIpc) is 2.85. The second-order valence-corrected chi connectivity index (χ2v) is 5.39. The van der Waals surface area contributed by atoms with Crippen LogP contribution in [0.5, 0.6) is 0 Å². The van der Waals surface area contributed by atoms with Crippen LogP contribution < -0.4 is 0 Å². The molecule has 1 aliphatic heterocycles. The first-order valence-corrected chi connectivity index (χ1v) is 6.82. The lowest BCUT2D eigenvalue weighted by molar-refractivity contribution is -0.116. The van der Waals surface area contributed by atoms with Crippen LogP contribution in [-0.4, -0.2) is 5.78 Å². The van der Waals surface area contributed by atoms with Crippen LogP contribution in [0.15, 0.2) is 12.2 Å². The van der Waals surface area contributed by atoms with Gasteiger partial charge in [-0.1, -0.05) is 13.5 Å². The molecule has 1 aromatic rings. The standard InChI is InChI=1S/C17H22O2/c1-7-15(18)13(6)17-16-12(5)10(3)9(2)11(4)14(16)8-19-17/h17H,6-8H2,1-5H3. The molecule has 0 saturated heterocycles. The van der Waals surface area contributed by atoms with Crippen LogP contribution in [0, 0.1) is 27.7 Å². The molecule has 102 valence electrons. The summed E-state index contributed by atoms with van der Waals surface area (Å²) in [4.78, 5) is 11.9. The first kappa shape index (κ1) is 14.0. The Morgan fingerprint density at radius 2 is 1.74 bits per heavy atom. The molecule has 1 unspecified atom stereocenters. The highest BCUT2D eigenvalue weighted by Crippen LogP contribution is 2.41. The highest BCUT2D eigenvalue weighted by molar-refractivity contribution is 5.96. The minimum atomic E-state index is -0.250. The number of fused-ring (bicyclic) bond motifs is 1. The van der Waals surface area contributed by atoms with Gasteiger partial charge in [-0.25, -0.2) is 0 Å². The van der Waals surface area contributed by atoms with Gasteiger partial charge in [-0.3, -0.25) is 4.79 Å². The number of rotatable bonds is 3. The Hall–Kier alpha value is -1.41. The predicted octanol–water partition coefficient (Wildman–Crippen LogP) is 4.03. The van der Waals surface area contributed by atoms with Gasteiger partial charge in [-0.15, -0.1) is 0 Å². The van der Waals surface area contributed by atoms with Gasteiger partial charge in [0.2, 0.25) is 0 Å². The predicted molar refractivity (Wildman–Crippen MR) is 77.4 cm³/mol. The number of carbonyl (C=O) groups is 1. The van der Waals surface area contributed by atoms with E-state index in [4.69, 9.17) is 4.74 Å². The van der Waals surface area contributed by atoms with Gasteiger partial charge in [0, 0.05) is 12.0 Å². The van der Waals surface area contributed by atoms with Crippen molar-refractivity contribution in [2.45, 2.75) is 53.8 Å². The lowest BCUT2D eigenvalue weighted by Crippen LogP contribution is -2.11. The lowest BCUT2D eigenvalue weighted by Gasteiger charge is -2.19. The van der Waals surface area contributed by atoms with Gasteiger partial charge >= 0.3 is 0 Å². The molecule has 1 aliphatic rings. The van der Waals surface area contributed by atoms with Crippen molar-refractivity contribution in [2.75, 3.05) is 0 Å². The number of hydrogen-bond acceptors (Lipinski definition) is 2. The summed E-state index contributed by atoms with van der Waals surface area (Å²) in [5.41, 5.74) is 8.16. The number of benzene rings is 1. The van der Waals surface area contributed by atoms with Crippen molar-refractivity contribution in [3.05, 3.63) is 45.5 Å². The zero-order valence-corrected chi connectivity index (χ0v) is 12.5. The topological polar surface area (TPSA) is 26.3 Å². The highest BCUT2D eigenvalue weighted by atomic mass is 16.5. The van der Waals surface area contributed by atoms with E-state index in [1.54, 1.807) is 0 Å². The molecule has 0 bridgehead atoms. The number of carbonyl (C=O) groups excluding carboxylic acids is 1. The summed E-state index contributed by atoms with van der Waals surface area (Å²) in [6, 6.07) is 0. The van der Waals surface area contributed by atoms with Crippen molar-refractivity contribution < 1.29 is 9.53 Å². The average molecular weight is 258 g/mol. The van der Waals surface area contributed by atoms with Crippen molar-refractivity contribution in [1.29, 1.82) is 0 Å². The van der Waals surface area contributed by atoms with E-state index in [2.05, 4.69) is 34.3 Å². The van der Waals surface area contributed by atoms with Gasteiger partial charge < -0.3 is 4.74 Å². The fourth-order valence-corrected chi connectivity index (χ4v) is 2.86. The summed E-state index contributed by atoms with van der Waals surface area (Å²) in [7, 11) is 0. The van der Waals surface area contributed by atoms with E-state index in [9.17, 15) is 4.79 Å². The van der Waals surface area contributed by atoms with E-state index in [0.717, 1.165) is 0 Å². The third-order valence-corrected chi connectivity index (χ3v) is 4.52. The Morgan fingerprint density at radius 1 is 1.16 bits per heavy atom. The van der Waals surface area contributed by atoms with Crippen molar-refractivity contribution in [3.8, 4) is 0 Å². The lowest BCUT2D eigenvalue weighted by atomic mass is 9.86. The molecule has 0 saturated carbocycles. The molecule has 0 fully saturated rings. The number of ether oxygens (including phenoxy) is 1. The Morgan fingerprint density at radius 3 is 2.32 bits per heavy atom. The van der Waals surface area contributed by atoms with Crippen LogP contribution in [-0.2, 0) is 16.1 Å². The molecule has 0 spiro atoms. The first-order chi connectivity index (χ1) is 8.90. The number of hydrogen-bond donors (Lipinski definition) is 0. The summed E-state index contributed by atoms with van der Waals surface area (Å²) in [5, 5.41) is 0. The maximum absolute atomic E-state index is 11.9. The van der Waals surface area contributed by atoms with Crippen molar-refractivity contribution in [2.24, 2.45) is 0 Å². The fraction of sp³-hybridized carbons (Fsp3) is 0.471. The Labute approximate surface area is 115 Å². The van der Waals surface area contributed by atoms with E-state index in [1.807, 2.05) is 6.92 Å². The zero-order valence-electron chi connectivity index (χ0n) is 12.5. The monoisotopic (exact) mass is 258 g/mol. The Kier molecular flexibility index (Phi) is 3.64. The summed E-state index contributed by atoms with van der Waals surface area (Å²) in [6.07, 6.45) is 0.233. The highest BCUT2D eigenvalue weighted by Gasteiger charge is 2.32. The van der Waals surface area contributed by atoms with Gasteiger partial charge in [0.25, 0.3) is 0 Å². The maximum atomic E-state index is 11.9. The number of ketones is 1. The SMILES string of the molecule is C=C(C(=O)CC)C1OCc2c(C)c(C)c(C)c(C)c21. The zero-order chi connectivity index (χ0) is 14.3. The van der Waals surface area contributed by atoms with E-state index >= 15 is 0 Å². The van der Waals surface area contributed by atoms with E-state index in [1.165, 1.54) is 33.4 Å². The summed E-state index contributed by atoms with van der Waals surface area (Å²) in [5.74, 6) is 0.0909. The second-order valence-electron chi connectivity index (χ2n) is 5.39. The largest absolute Gasteiger partial charge is 0.364 e. The van der Waals surface area contributed by atoms with E-state index in [-0.39, 0.29) is 11.9 Å². The van der Waals surface area contributed by atoms with Crippen LogP contribution in [0.3, 0.4) is 0 Å². The van der Waals surface area contributed by atoms with Gasteiger partial charge in [0.15, 0.2) is 5.78 Å². The molecule has 1 aromatic carbocycles. The Balaban J connectivity index is 2.57. The third kappa shape index (κ3) is 2.04. The van der Waals surface area contributed by atoms with Crippen molar-refractivity contribution in [3.63, 3.8) is 0 Å². The first-order valence-electron chi connectivity index (χ1n) is 6.82. The minimum Gasteiger partial charge on any atom is -0.364 e. The fourth-order valence-electron chi connectivity index (χ4n) is 2.86. The number of Topliss-reactive ketones (excluding diaryl/α,β-unsaturated/α-hetero) is 1. The quantitative estimate of drug-likeness (QED) is 0.765. The molecule has 0 aliphatic carbocycles. The van der Waals surface area contributed by atoms with Gasteiger partial charge in [-0.05, 0) is 61.1 Å². The smallest absolute Gasteiger partial charge is 0.160 e. The third-order valence-electron chi connectivity index (χ3n) is 4.52. The molecule has 19 heavy (non-hydrogen) atoms. The molecule has 1 heterocycles. The van der Waals surface area contributed by atoms with Gasteiger partial charge in [0.1, 0.15) is 6.10 Å². The van der Waals surface area contributed by atoms with Crippen LogP contribution in [0.1, 0.15) is 52.8 Å². The molecule has 2 nitrogen and oxygen atoms in total. The molecule has 0 radical (unpaired) electrons. The van der Waals surface area contributed by atoms with Crippen LogP contribution in [0.25, 0.3) is 0 Å². The summed E-state index contributed by atoms with van der Waals surface area (Å²) >= 11 is 0. The normalized spacial score (nSPS) is 17.4. The van der Waals surface area contributed by atoms with E-state index in [0.29, 0.717) is 18.6 Å². The molecular formula is C17H22O2. The van der Waals surface area contributed by atoms with Crippen LogP contribution in [0.4, 0.5) is 0 Å². The van der Waals surface area contributed by atoms with Crippen molar-refractivity contribution >= 4 is 5.78 Å². The van der Waals surface area contributed by atoms with Gasteiger partial charge in [0.05, 0.1) is 6.61 Å². The molecule has 0 amide bonds. The van der Waals surface area contributed by atoms with Crippen LogP contribution >= 0.6 is 0 Å². The van der Waals surface area contributed by atoms with Crippen molar-refractivity contribution in [1.82, 2.24) is 0 Å². The maximum Gasteiger partial charge on any atom is 0.160 e. The molecule has 1 atom stereocenters. The summed E-state index contributed by atoms with van der Waals surface area (Å²) in [6.45, 7) is 14.9. The van der Waals surface area contributed by atoms with Gasteiger partial charge in [-0.2, -0.15) is 0 Å². The molecule has 2 rings (SSSR count). The van der Waals surface area contributed by atoms with Crippen LogP contribution in [0.2, 0.25) is 0 Å². The second kappa shape index (κ2) is 4.93. The molecular weight excluding hydrogens is 236 g/mol. The van der Waals surface area contributed by atoms with E-state index < -0.39 is 0 Å².